The van der Waals surface area contributed by atoms with Crippen molar-refractivity contribution in [3.05, 3.63) is 87.6 Å². The topological polar surface area (TPSA) is 153 Å². The van der Waals surface area contributed by atoms with Crippen LogP contribution in [-0.4, -0.2) is 59.1 Å². The van der Waals surface area contributed by atoms with Gasteiger partial charge in [0.1, 0.15) is 17.6 Å². The summed E-state index contributed by atoms with van der Waals surface area (Å²) in [6.45, 7) is 10.2. The van der Waals surface area contributed by atoms with Gasteiger partial charge in [-0.25, -0.2) is 4.98 Å². The first-order valence-corrected chi connectivity index (χ1v) is 19.1. The van der Waals surface area contributed by atoms with E-state index in [9.17, 15) is 32.3 Å². The van der Waals surface area contributed by atoms with Crippen LogP contribution in [-0.2, 0) is 37.0 Å². The Morgan fingerprint density at radius 2 is 1.80 bits per heavy atom. The van der Waals surface area contributed by atoms with Gasteiger partial charge >= 0.3 is 13.3 Å². The van der Waals surface area contributed by atoms with E-state index in [1.54, 1.807) is 31.2 Å². The number of para-hydroxylation sites is 1. The number of nitrogens with one attached hydrogen (secondary N) is 4. The minimum atomic E-state index is -4.54. The van der Waals surface area contributed by atoms with Crippen LogP contribution in [0.15, 0.2) is 59.5 Å². The van der Waals surface area contributed by atoms with E-state index in [1.165, 1.54) is 29.9 Å². The summed E-state index contributed by atoms with van der Waals surface area (Å²) < 4.78 is 54.6. The number of hydrogen-bond acceptors (Lipinski definition) is 8. The zero-order valence-electron chi connectivity index (χ0n) is 32.4. The van der Waals surface area contributed by atoms with Crippen LogP contribution in [0.5, 0.6) is 0 Å². The maximum atomic E-state index is 14.4. The Morgan fingerprint density at radius 3 is 2.50 bits per heavy atom. The van der Waals surface area contributed by atoms with Gasteiger partial charge in [-0.05, 0) is 79.7 Å². The highest BCUT2D eigenvalue weighted by Gasteiger charge is 2.67. The average molecular weight is 777 g/mol. The van der Waals surface area contributed by atoms with Crippen LogP contribution in [0, 0.1) is 17.3 Å². The van der Waals surface area contributed by atoms with E-state index in [1.807, 2.05) is 6.92 Å². The van der Waals surface area contributed by atoms with Gasteiger partial charge in [-0.1, -0.05) is 52.0 Å². The van der Waals surface area contributed by atoms with E-state index in [0.717, 1.165) is 25.0 Å². The van der Waals surface area contributed by atoms with Crippen LogP contribution in [0.3, 0.4) is 0 Å². The number of halogens is 3. The van der Waals surface area contributed by atoms with Crippen molar-refractivity contribution in [2.45, 2.75) is 109 Å². The molecule has 1 aromatic heterocycles. The number of nitrogens with zero attached hydrogens (tertiary/aromatic N) is 2. The Bertz CT molecular complexity index is 2110. The van der Waals surface area contributed by atoms with Crippen LogP contribution in [0.4, 0.5) is 24.5 Å². The zero-order chi connectivity index (χ0) is 40.4. The zero-order valence-corrected chi connectivity index (χ0v) is 32.4. The molecule has 3 aromatic rings. The van der Waals surface area contributed by atoms with Crippen LogP contribution in [0.25, 0.3) is 0 Å². The molecular weight excluding hydrogens is 728 g/mol. The molecule has 12 nitrogen and oxygen atoms in total. The number of benzene rings is 2. The first-order valence-electron chi connectivity index (χ1n) is 19.1. The summed E-state index contributed by atoms with van der Waals surface area (Å²) in [7, 11) is 0.780. The lowest BCUT2D eigenvalue weighted by Gasteiger charge is -2.63. The monoisotopic (exact) mass is 776 g/mol. The molecular formula is C40H48BF3N6O6. The molecule has 0 radical (unpaired) electrons. The lowest BCUT2D eigenvalue weighted by molar-refractivity contribution is -0.185. The maximum absolute atomic E-state index is 14.4. The van der Waals surface area contributed by atoms with Gasteiger partial charge < -0.3 is 30.6 Å². The molecule has 56 heavy (non-hydrogen) atoms. The summed E-state index contributed by atoms with van der Waals surface area (Å²) >= 11 is 0. The summed E-state index contributed by atoms with van der Waals surface area (Å²) in [6, 6.07) is 10.2. The van der Waals surface area contributed by atoms with E-state index in [0.29, 0.717) is 23.9 Å². The first-order chi connectivity index (χ1) is 26.4. The average Bonchev–Trinajstić information content (AvgIpc) is 3.67. The quantitative estimate of drug-likeness (QED) is 0.183. The van der Waals surface area contributed by atoms with Gasteiger partial charge in [0.15, 0.2) is 0 Å². The Hall–Kier alpha value is -4.70. The SMILES string of the molecule is CC[C@H](NC(=O)[C@@H]1C[C@@](C)(CC(=O)Nc2ccccc2C(=O)NC)c2ncc(NCc3cccc(C(F)(F)F)c3)c(=O)n21)B1OC2C3CC(C[C@]2(C)O1)C3(C)C. The summed E-state index contributed by atoms with van der Waals surface area (Å²) in [6.07, 6.45) is -1.10. The summed E-state index contributed by atoms with van der Waals surface area (Å²) in [5, 5.41) is 11.4. The van der Waals surface area contributed by atoms with Crippen molar-refractivity contribution in [1.82, 2.24) is 20.2 Å². The lowest BCUT2D eigenvalue weighted by Crippen LogP contribution is -2.63. The summed E-state index contributed by atoms with van der Waals surface area (Å²) in [5.41, 5.74) is -2.07. The van der Waals surface area contributed by atoms with Crippen molar-refractivity contribution in [2.24, 2.45) is 17.3 Å². The molecule has 2 aliphatic heterocycles. The smallest absolute Gasteiger partial charge is 0.404 e. The standard InChI is InChI=1S/C40H48BF3N6O6/c1-7-30(41-55-32-26-16-24(37(26,2)3)17-39(32,5)56-41)49-34(53)29-18-38(4,19-31(51)48-27-14-9-8-13-25(27)33(52)45-6)36-47-21-28(35(54)50(29)36)46-20-22-11-10-12-23(15-22)40(42,43)44/h8-15,21,24,26,29-30,32,46H,7,16-20H2,1-6H3,(H,45,52)(H,48,51)(H,49,53)/t24?,26?,29-,30-,32?,38-,39-/m0/s1. The number of carbonyl (C=O) groups excluding carboxylic acids is 3. The Kier molecular flexibility index (Phi) is 10.1. The summed E-state index contributed by atoms with van der Waals surface area (Å²) in [5.74, 6) is -0.809. The Balaban J connectivity index is 1.16. The highest BCUT2D eigenvalue weighted by Crippen LogP contribution is 2.64. The van der Waals surface area contributed by atoms with Gasteiger partial charge in [0.05, 0.1) is 40.7 Å². The fourth-order valence-electron chi connectivity index (χ4n) is 9.38. The molecule has 5 aliphatic rings. The minimum Gasteiger partial charge on any atom is -0.404 e. The van der Waals surface area contributed by atoms with E-state index in [4.69, 9.17) is 9.31 Å². The number of hydrogen-bond donors (Lipinski definition) is 4. The van der Waals surface area contributed by atoms with Crippen LogP contribution >= 0.6 is 0 Å². The second-order valence-electron chi connectivity index (χ2n) is 16.8. The predicted molar refractivity (Wildman–Crippen MR) is 204 cm³/mol. The van der Waals surface area contributed by atoms with E-state index < -0.39 is 59.2 Å². The first kappa shape index (κ1) is 39.5. The molecule has 3 unspecified atom stereocenters. The molecule has 7 atom stereocenters. The molecule has 3 aliphatic carbocycles. The molecule has 298 valence electrons. The molecule has 4 N–H and O–H groups in total. The van der Waals surface area contributed by atoms with Crippen LogP contribution in [0.2, 0.25) is 0 Å². The molecule has 2 bridgehead atoms. The third-order valence-electron chi connectivity index (χ3n) is 12.7. The highest BCUT2D eigenvalue weighted by atomic mass is 19.4. The second kappa shape index (κ2) is 14.4. The normalized spacial score (nSPS) is 27.7. The van der Waals surface area contributed by atoms with E-state index in [2.05, 4.69) is 47.0 Å². The van der Waals surface area contributed by atoms with Crippen LogP contribution < -0.4 is 26.8 Å². The fourth-order valence-corrected chi connectivity index (χ4v) is 9.38. The number of amides is 3. The number of carbonyl (C=O) groups is 3. The number of aromatic nitrogens is 2. The molecule has 8 rings (SSSR count). The van der Waals surface area contributed by atoms with E-state index in [-0.39, 0.29) is 59.5 Å². The van der Waals surface area contributed by atoms with Gasteiger partial charge in [0, 0.05) is 25.4 Å². The van der Waals surface area contributed by atoms with Gasteiger partial charge in [0.2, 0.25) is 11.8 Å². The van der Waals surface area contributed by atoms with Crippen molar-refractivity contribution in [3.63, 3.8) is 0 Å². The number of anilines is 2. The molecule has 4 fully saturated rings. The van der Waals surface area contributed by atoms with Crippen molar-refractivity contribution >= 4 is 36.2 Å². The van der Waals surface area contributed by atoms with Gasteiger partial charge in [-0.3, -0.25) is 23.7 Å². The van der Waals surface area contributed by atoms with Gasteiger partial charge in [-0.2, -0.15) is 13.2 Å². The van der Waals surface area contributed by atoms with Gasteiger partial charge in [-0.15, -0.1) is 0 Å². The highest BCUT2D eigenvalue weighted by molar-refractivity contribution is 6.47. The third kappa shape index (κ3) is 6.99. The molecule has 2 aromatic carbocycles. The lowest BCUT2D eigenvalue weighted by atomic mass is 9.45. The molecule has 0 spiro atoms. The fraction of sp³-hybridized carbons (Fsp3) is 0.525. The van der Waals surface area contributed by atoms with Crippen molar-refractivity contribution in [1.29, 1.82) is 0 Å². The number of rotatable bonds is 11. The molecule has 3 amide bonds. The van der Waals surface area contributed by atoms with Crippen molar-refractivity contribution < 1.29 is 36.9 Å². The third-order valence-corrected chi connectivity index (χ3v) is 12.7. The van der Waals surface area contributed by atoms with Crippen LogP contribution in [0.1, 0.15) is 100 Å². The molecule has 3 heterocycles. The molecule has 1 saturated heterocycles. The second-order valence-corrected chi connectivity index (χ2v) is 16.8. The van der Waals surface area contributed by atoms with Crippen molar-refractivity contribution in [2.75, 3.05) is 17.7 Å². The maximum Gasteiger partial charge on any atom is 0.481 e. The van der Waals surface area contributed by atoms with E-state index >= 15 is 0 Å². The predicted octanol–water partition coefficient (Wildman–Crippen LogP) is 5.63. The molecule has 3 saturated carbocycles. The Labute approximate surface area is 323 Å². The summed E-state index contributed by atoms with van der Waals surface area (Å²) in [4.78, 5) is 59.5. The Morgan fingerprint density at radius 1 is 1.05 bits per heavy atom. The minimum absolute atomic E-state index is 0.0229. The molecule has 16 heteroatoms. The van der Waals surface area contributed by atoms with Crippen molar-refractivity contribution in [3.8, 4) is 0 Å². The largest absolute Gasteiger partial charge is 0.481 e. The van der Waals surface area contributed by atoms with Gasteiger partial charge in [0.25, 0.3) is 11.5 Å². The number of fused-ring (bicyclic) bond motifs is 1. The number of alkyl halides is 3.